The van der Waals surface area contributed by atoms with E-state index in [1.54, 1.807) is 7.11 Å². The molecule has 0 saturated heterocycles. The van der Waals surface area contributed by atoms with Gasteiger partial charge in [0.1, 0.15) is 11.6 Å². The lowest BCUT2D eigenvalue weighted by Crippen LogP contribution is -2.41. The van der Waals surface area contributed by atoms with Gasteiger partial charge in [-0.15, -0.1) is 0 Å². The zero-order valence-corrected chi connectivity index (χ0v) is 22.9. The van der Waals surface area contributed by atoms with Crippen LogP contribution in [0.15, 0.2) is 78.9 Å². The number of benzene rings is 3. The van der Waals surface area contributed by atoms with Crippen LogP contribution in [0.5, 0.6) is 5.75 Å². The van der Waals surface area contributed by atoms with Gasteiger partial charge in [-0.3, -0.25) is 0 Å². The average molecular weight is 534 g/mol. The second-order valence-electron chi connectivity index (χ2n) is 8.97. The molecule has 0 aliphatic heterocycles. The topological polar surface area (TPSA) is 99.4 Å². The van der Waals surface area contributed by atoms with E-state index < -0.39 is 10.2 Å². The summed E-state index contributed by atoms with van der Waals surface area (Å²) >= 11 is 0. The Hall–Kier alpha value is -3.66. The highest BCUT2D eigenvalue weighted by Crippen LogP contribution is 2.28. The fraction of sp³-hybridized carbons (Fsp3) is 0.276. The first kappa shape index (κ1) is 27.4. The molecular formula is C29H35N5O3S. The molecule has 0 bridgehead atoms. The molecule has 3 N–H and O–H groups in total. The van der Waals surface area contributed by atoms with E-state index in [1.807, 2.05) is 79.7 Å². The molecule has 0 amide bonds. The quantitative estimate of drug-likeness (QED) is 0.234. The summed E-state index contributed by atoms with van der Waals surface area (Å²) in [5.41, 5.74) is 5.79. The molecule has 0 unspecified atom stereocenters. The number of nitrogens with one attached hydrogen (secondary N) is 3. The summed E-state index contributed by atoms with van der Waals surface area (Å²) in [6, 6.07) is 25.7. The summed E-state index contributed by atoms with van der Waals surface area (Å²) in [5.74, 6) is 1.50. The van der Waals surface area contributed by atoms with E-state index >= 15 is 0 Å². The Morgan fingerprint density at radius 3 is 2.34 bits per heavy atom. The minimum absolute atomic E-state index is 0.226. The first-order chi connectivity index (χ1) is 18.4. The van der Waals surface area contributed by atoms with Crippen LogP contribution in [0.25, 0.3) is 22.6 Å². The van der Waals surface area contributed by atoms with Gasteiger partial charge < -0.3 is 14.6 Å². The molecule has 3 aromatic carbocycles. The van der Waals surface area contributed by atoms with Crippen molar-refractivity contribution in [1.82, 2.24) is 19.4 Å². The Morgan fingerprint density at radius 2 is 1.66 bits per heavy atom. The first-order valence-corrected chi connectivity index (χ1v) is 14.2. The Balaban J connectivity index is 1.40. The maximum atomic E-state index is 12.7. The highest BCUT2D eigenvalue weighted by molar-refractivity contribution is 7.87. The van der Waals surface area contributed by atoms with Crippen LogP contribution in [0.2, 0.25) is 0 Å². The molecular weight excluding hydrogens is 498 g/mol. The Kier molecular flexibility index (Phi) is 9.17. The van der Waals surface area contributed by atoms with Crippen LogP contribution in [-0.2, 0) is 16.6 Å². The Morgan fingerprint density at radius 1 is 0.921 bits per heavy atom. The van der Waals surface area contributed by atoms with Crippen molar-refractivity contribution in [3.63, 3.8) is 0 Å². The number of hydrogen-bond donors (Lipinski definition) is 3. The number of likely N-dealkylation sites (N-methyl/N-ethyl adjacent to an activating group) is 1. The van der Waals surface area contributed by atoms with E-state index in [9.17, 15) is 8.42 Å². The monoisotopic (exact) mass is 533 g/mol. The third kappa shape index (κ3) is 7.22. The number of H-pyrrole nitrogens is 1. The number of aromatic nitrogens is 2. The predicted octanol–water partition coefficient (Wildman–Crippen LogP) is 4.55. The minimum atomic E-state index is -3.66. The number of nitrogens with zero attached hydrogens (tertiary/aromatic N) is 2. The van der Waals surface area contributed by atoms with Crippen molar-refractivity contribution in [2.45, 2.75) is 20.3 Å². The smallest absolute Gasteiger partial charge is 0.276 e. The fourth-order valence-electron chi connectivity index (χ4n) is 4.28. The standard InChI is InChI=1S/C29H35N5O3S/c1-4-34(25-12-8-9-22(2)21-25)20-19-31-38(35,36)30-18-17-27-28(23-13-15-26(37-3)16-14-23)33-29(32-27)24-10-6-5-7-11-24/h5-16,21,30-31H,4,17-20H2,1-3H3,(H,32,33). The van der Waals surface area contributed by atoms with Crippen LogP contribution in [0.4, 0.5) is 5.69 Å². The first-order valence-electron chi connectivity index (χ1n) is 12.7. The molecule has 4 aromatic rings. The van der Waals surface area contributed by atoms with E-state index in [1.165, 1.54) is 5.56 Å². The molecule has 0 radical (unpaired) electrons. The van der Waals surface area contributed by atoms with Crippen molar-refractivity contribution in [3.05, 3.63) is 90.1 Å². The van der Waals surface area contributed by atoms with E-state index in [4.69, 9.17) is 9.72 Å². The van der Waals surface area contributed by atoms with Gasteiger partial charge in [-0.05, 0) is 55.8 Å². The van der Waals surface area contributed by atoms with E-state index in [2.05, 4.69) is 32.3 Å². The molecule has 8 nitrogen and oxygen atoms in total. The average Bonchev–Trinajstić information content (AvgIpc) is 3.35. The van der Waals surface area contributed by atoms with Crippen molar-refractivity contribution in [3.8, 4) is 28.4 Å². The Bertz CT molecular complexity index is 1420. The molecule has 38 heavy (non-hydrogen) atoms. The molecule has 0 aliphatic rings. The van der Waals surface area contributed by atoms with Gasteiger partial charge in [0, 0.05) is 55.1 Å². The van der Waals surface area contributed by atoms with Gasteiger partial charge in [-0.2, -0.15) is 8.42 Å². The number of ether oxygens (including phenoxy) is 1. The van der Waals surface area contributed by atoms with Crippen molar-refractivity contribution < 1.29 is 13.2 Å². The number of anilines is 1. The van der Waals surface area contributed by atoms with Crippen LogP contribution >= 0.6 is 0 Å². The van der Waals surface area contributed by atoms with Crippen LogP contribution in [0.3, 0.4) is 0 Å². The number of rotatable bonds is 13. The van der Waals surface area contributed by atoms with Crippen molar-refractivity contribution in [1.29, 1.82) is 0 Å². The van der Waals surface area contributed by atoms with Gasteiger partial charge in [-0.25, -0.2) is 14.4 Å². The lowest BCUT2D eigenvalue weighted by molar-refractivity contribution is 0.415. The molecule has 4 rings (SSSR count). The summed E-state index contributed by atoms with van der Waals surface area (Å²) in [5, 5.41) is 0. The van der Waals surface area contributed by atoms with Gasteiger partial charge in [-0.1, -0.05) is 42.5 Å². The minimum Gasteiger partial charge on any atom is -0.497 e. The van der Waals surface area contributed by atoms with Gasteiger partial charge in [0.15, 0.2) is 0 Å². The molecule has 0 spiro atoms. The predicted molar refractivity (Wildman–Crippen MR) is 154 cm³/mol. The van der Waals surface area contributed by atoms with Crippen LogP contribution in [0, 0.1) is 6.92 Å². The largest absolute Gasteiger partial charge is 0.497 e. The van der Waals surface area contributed by atoms with Crippen molar-refractivity contribution in [2.24, 2.45) is 0 Å². The molecule has 200 valence electrons. The lowest BCUT2D eigenvalue weighted by atomic mass is 10.1. The van der Waals surface area contributed by atoms with Crippen LogP contribution < -0.4 is 19.1 Å². The van der Waals surface area contributed by atoms with Crippen LogP contribution in [-0.4, -0.2) is 51.7 Å². The number of hydrogen-bond acceptors (Lipinski definition) is 5. The molecule has 9 heteroatoms. The molecule has 0 saturated carbocycles. The second-order valence-corrected chi connectivity index (χ2v) is 10.6. The number of aryl methyl sites for hydroxylation is 1. The zero-order valence-electron chi connectivity index (χ0n) is 22.1. The van der Waals surface area contributed by atoms with Crippen LogP contribution in [0.1, 0.15) is 18.2 Å². The van der Waals surface area contributed by atoms with Crippen molar-refractivity contribution in [2.75, 3.05) is 38.2 Å². The van der Waals surface area contributed by atoms with Gasteiger partial charge in [0.2, 0.25) is 0 Å². The van der Waals surface area contributed by atoms with Crippen molar-refractivity contribution >= 4 is 15.9 Å². The summed E-state index contributed by atoms with van der Waals surface area (Å²) in [7, 11) is -2.03. The fourth-order valence-corrected chi connectivity index (χ4v) is 5.11. The van der Waals surface area contributed by atoms with Gasteiger partial charge in [0.25, 0.3) is 10.2 Å². The summed E-state index contributed by atoms with van der Waals surface area (Å²) < 4.78 is 35.9. The van der Waals surface area contributed by atoms with E-state index in [-0.39, 0.29) is 6.54 Å². The zero-order chi connectivity index (χ0) is 27.0. The number of imidazole rings is 1. The Labute approximate surface area is 225 Å². The van der Waals surface area contributed by atoms with Gasteiger partial charge in [0.05, 0.1) is 12.8 Å². The van der Waals surface area contributed by atoms with E-state index in [0.717, 1.165) is 46.3 Å². The summed E-state index contributed by atoms with van der Waals surface area (Å²) in [4.78, 5) is 10.4. The molecule has 0 fully saturated rings. The lowest BCUT2D eigenvalue weighted by Gasteiger charge is -2.23. The third-order valence-corrected chi connectivity index (χ3v) is 7.45. The number of aromatic amines is 1. The molecule has 0 atom stereocenters. The highest BCUT2D eigenvalue weighted by Gasteiger charge is 2.16. The third-order valence-electron chi connectivity index (χ3n) is 6.28. The SMILES string of the molecule is CCN(CCNS(=O)(=O)NCCc1[nH]c(-c2ccccc2)nc1-c1ccc(OC)cc1)c1cccc(C)c1. The molecule has 1 heterocycles. The molecule has 1 aromatic heterocycles. The number of methoxy groups -OCH3 is 1. The highest BCUT2D eigenvalue weighted by atomic mass is 32.2. The maximum absolute atomic E-state index is 12.7. The second kappa shape index (κ2) is 12.7. The van der Waals surface area contributed by atoms with Gasteiger partial charge >= 0.3 is 0 Å². The normalized spacial score (nSPS) is 11.4. The van der Waals surface area contributed by atoms with E-state index in [0.29, 0.717) is 19.5 Å². The maximum Gasteiger partial charge on any atom is 0.276 e. The molecule has 0 aliphatic carbocycles. The summed E-state index contributed by atoms with van der Waals surface area (Å²) in [6.45, 7) is 6.00. The summed E-state index contributed by atoms with van der Waals surface area (Å²) in [6.07, 6.45) is 0.451.